The van der Waals surface area contributed by atoms with Gasteiger partial charge < -0.3 is 9.84 Å². The van der Waals surface area contributed by atoms with Crippen LogP contribution in [-0.2, 0) is 4.74 Å². The Morgan fingerprint density at radius 2 is 1.62 bits per heavy atom. The van der Waals surface area contributed by atoms with Crippen molar-refractivity contribution in [3.63, 3.8) is 0 Å². The molecule has 0 aromatic carbocycles. The van der Waals surface area contributed by atoms with E-state index in [9.17, 15) is 0 Å². The highest BCUT2D eigenvalue weighted by Gasteiger charge is 2.12. The number of aliphatic hydroxyl groups excluding tert-OH is 1. The zero-order valence-corrected chi connectivity index (χ0v) is 11.6. The molecule has 0 amide bonds. The number of ether oxygens (including phenoxy) is 1. The molecule has 0 saturated heterocycles. The van der Waals surface area contributed by atoms with Gasteiger partial charge in [0.1, 0.15) is 0 Å². The smallest absolute Gasteiger partial charge is 0.0571 e. The van der Waals surface area contributed by atoms with Gasteiger partial charge in [-0.3, -0.25) is 0 Å². The lowest BCUT2D eigenvalue weighted by Gasteiger charge is -2.20. The summed E-state index contributed by atoms with van der Waals surface area (Å²) in [6, 6.07) is 0. The fourth-order valence-corrected chi connectivity index (χ4v) is 1.90. The summed E-state index contributed by atoms with van der Waals surface area (Å²) in [4.78, 5) is 0. The first-order valence-corrected chi connectivity index (χ1v) is 6.63. The van der Waals surface area contributed by atoms with Gasteiger partial charge >= 0.3 is 0 Å². The molecule has 0 fully saturated rings. The third-order valence-electron chi connectivity index (χ3n) is 2.97. The minimum absolute atomic E-state index is 0.321. The first-order chi connectivity index (χ1) is 7.49. The summed E-state index contributed by atoms with van der Waals surface area (Å²) in [5.74, 6) is 0. The minimum Gasteiger partial charge on any atom is -0.396 e. The highest BCUT2D eigenvalue weighted by Crippen LogP contribution is 2.23. The van der Waals surface area contributed by atoms with Crippen LogP contribution in [0.15, 0.2) is 0 Å². The van der Waals surface area contributed by atoms with E-state index in [2.05, 4.69) is 20.8 Å². The molecular formula is C14H30O2. The van der Waals surface area contributed by atoms with E-state index in [1.807, 2.05) is 7.11 Å². The normalized spacial score (nSPS) is 14.1. The Kier molecular flexibility index (Phi) is 8.96. The lowest BCUT2D eigenvalue weighted by atomic mass is 9.89. The summed E-state index contributed by atoms with van der Waals surface area (Å²) in [5, 5.41) is 8.69. The summed E-state index contributed by atoms with van der Waals surface area (Å²) in [6.07, 6.45) is 8.47. The van der Waals surface area contributed by atoms with Gasteiger partial charge in [0.15, 0.2) is 0 Å². The van der Waals surface area contributed by atoms with E-state index in [1.54, 1.807) is 0 Å². The van der Waals surface area contributed by atoms with Gasteiger partial charge in [0.05, 0.1) is 6.10 Å². The van der Waals surface area contributed by atoms with Crippen molar-refractivity contribution in [2.24, 2.45) is 5.41 Å². The van der Waals surface area contributed by atoms with Gasteiger partial charge in [-0.25, -0.2) is 0 Å². The molecule has 0 saturated carbocycles. The Balaban J connectivity index is 3.51. The first-order valence-electron chi connectivity index (χ1n) is 6.63. The predicted molar refractivity (Wildman–Crippen MR) is 69.7 cm³/mol. The Bertz CT molecular complexity index is 149. The molecule has 0 heterocycles. The molecule has 1 N–H and O–H groups in total. The van der Waals surface area contributed by atoms with Crippen LogP contribution in [0.1, 0.15) is 65.7 Å². The molecule has 2 nitrogen and oxygen atoms in total. The SMILES string of the molecule is CO[C@H](CCCCCO)CCCC(C)(C)C. The van der Waals surface area contributed by atoms with Crippen LogP contribution in [-0.4, -0.2) is 24.9 Å². The molecule has 0 aromatic heterocycles. The summed E-state index contributed by atoms with van der Waals surface area (Å²) in [6.45, 7) is 7.18. The number of hydrogen-bond acceptors (Lipinski definition) is 2. The molecule has 0 bridgehead atoms. The van der Waals surface area contributed by atoms with E-state index in [0.29, 0.717) is 18.1 Å². The van der Waals surface area contributed by atoms with Crippen LogP contribution in [0.5, 0.6) is 0 Å². The molecule has 0 aromatic rings. The molecule has 0 spiro atoms. The lowest BCUT2D eigenvalue weighted by molar-refractivity contribution is 0.0805. The number of aliphatic hydroxyl groups is 1. The number of hydrogen-bond donors (Lipinski definition) is 1. The Morgan fingerprint density at radius 1 is 1.00 bits per heavy atom. The number of methoxy groups -OCH3 is 1. The number of unbranched alkanes of at least 4 members (excludes halogenated alkanes) is 2. The van der Waals surface area contributed by atoms with Gasteiger partial charge in [-0.1, -0.05) is 40.0 Å². The molecule has 0 radical (unpaired) electrons. The monoisotopic (exact) mass is 230 g/mol. The highest BCUT2D eigenvalue weighted by molar-refractivity contribution is 4.65. The largest absolute Gasteiger partial charge is 0.396 e. The average Bonchev–Trinajstić information content (AvgIpc) is 2.20. The van der Waals surface area contributed by atoms with E-state index < -0.39 is 0 Å². The van der Waals surface area contributed by atoms with Crippen molar-refractivity contribution in [2.75, 3.05) is 13.7 Å². The molecule has 0 aliphatic rings. The fraction of sp³-hybridized carbons (Fsp3) is 1.00. The van der Waals surface area contributed by atoms with Crippen LogP contribution in [0.2, 0.25) is 0 Å². The van der Waals surface area contributed by atoms with Crippen LogP contribution >= 0.6 is 0 Å². The van der Waals surface area contributed by atoms with E-state index in [0.717, 1.165) is 19.3 Å². The standard InChI is InChI=1S/C14H30O2/c1-14(2,3)11-8-10-13(16-4)9-6-5-7-12-15/h13,15H,5-12H2,1-4H3/t13-/m1/s1. The van der Waals surface area contributed by atoms with Gasteiger partial charge in [-0.2, -0.15) is 0 Å². The molecule has 0 aliphatic heterocycles. The zero-order valence-electron chi connectivity index (χ0n) is 11.6. The quantitative estimate of drug-likeness (QED) is 0.611. The van der Waals surface area contributed by atoms with Crippen LogP contribution in [0.25, 0.3) is 0 Å². The maximum atomic E-state index is 8.69. The fourth-order valence-electron chi connectivity index (χ4n) is 1.90. The Hall–Kier alpha value is -0.0800. The van der Waals surface area contributed by atoms with Crippen molar-refractivity contribution < 1.29 is 9.84 Å². The maximum Gasteiger partial charge on any atom is 0.0571 e. The summed E-state index contributed by atoms with van der Waals surface area (Å²) < 4.78 is 5.48. The van der Waals surface area contributed by atoms with Gasteiger partial charge in [0.2, 0.25) is 0 Å². The van der Waals surface area contributed by atoms with Crippen LogP contribution in [0.4, 0.5) is 0 Å². The van der Waals surface area contributed by atoms with Gasteiger partial charge in [-0.15, -0.1) is 0 Å². The molecule has 1 atom stereocenters. The summed E-state index contributed by atoms with van der Waals surface area (Å²) in [7, 11) is 1.81. The maximum absolute atomic E-state index is 8.69. The summed E-state index contributed by atoms with van der Waals surface area (Å²) in [5.41, 5.74) is 0.440. The molecule has 0 rings (SSSR count). The molecule has 98 valence electrons. The van der Waals surface area contributed by atoms with E-state index in [4.69, 9.17) is 9.84 Å². The van der Waals surface area contributed by atoms with Crippen molar-refractivity contribution in [1.82, 2.24) is 0 Å². The molecule has 0 unspecified atom stereocenters. The Morgan fingerprint density at radius 3 is 2.12 bits per heavy atom. The molecule has 16 heavy (non-hydrogen) atoms. The van der Waals surface area contributed by atoms with Crippen LogP contribution in [0.3, 0.4) is 0 Å². The second-order valence-corrected chi connectivity index (χ2v) is 5.88. The van der Waals surface area contributed by atoms with Crippen molar-refractivity contribution >= 4 is 0 Å². The van der Waals surface area contributed by atoms with Crippen LogP contribution < -0.4 is 0 Å². The second-order valence-electron chi connectivity index (χ2n) is 5.88. The van der Waals surface area contributed by atoms with E-state index >= 15 is 0 Å². The lowest BCUT2D eigenvalue weighted by Crippen LogP contribution is -2.12. The van der Waals surface area contributed by atoms with Crippen molar-refractivity contribution in [2.45, 2.75) is 71.8 Å². The molecular weight excluding hydrogens is 200 g/mol. The van der Waals surface area contributed by atoms with Gasteiger partial charge in [-0.05, 0) is 31.1 Å². The number of rotatable bonds is 9. The zero-order chi connectivity index (χ0) is 12.4. The van der Waals surface area contributed by atoms with Crippen molar-refractivity contribution in [3.05, 3.63) is 0 Å². The van der Waals surface area contributed by atoms with Crippen molar-refractivity contribution in [3.8, 4) is 0 Å². The van der Waals surface area contributed by atoms with E-state index in [-0.39, 0.29) is 0 Å². The van der Waals surface area contributed by atoms with Crippen LogP contribution in [0, 0.1) is 5.41 Å². The Labute approximate surface area is 101 Å². The highest BCUT2D eigenvalue weighted by atomic mass is 16.5. The first kappa shape index (κ1) is 15.9. The molecule has 2 heteroatoms. The third kappa shape index (κ3) is 10.4. The van der Waals surface area contributed by atoms with Gasteiger partial charge in [0, 0.05) is 13.7 Å². The second kappa shape index (κ2) is 9.00. The molecule has 0 aliphatic carbocycles. The minimum atomic E-state index is 0.321. The topological polar surface area (TPSA) is 29.5 Å². The van der Waals surface area contributed by atoms with E-state index in [1.165, 1.54) is 25.7 Å². The third-order valence-corrected chi connectivity index (χ3v) is 2.97. The van der Waals surface area contributed by atoms with Gasteiger partial charge in [0.25, 0.3) is 0 Å². The predicted octanol–water partition coefficient (Wildman–Crippen LogP) is 3.77. The van der Waals surface area contributed by atoms with Crippen molar-refractivity contribution in [1.29, 1.82) is 0 Å². The average molecular weight is 230 g/mol. The summed E-state index contributed by atoms with van der Waals surface area (Å²) >= 11 is 0.